The van der Waals surface area contributed by atoms with E-state index in [0.717, 1.165) is 12.2 Å². The Bertz CT molecular complexity index is 330. The van der Waals surface area contributed by atoms with E-state index < -0.39 is 0 Å². The average Bonchev–Trinajstić information content (AvgIpc) is 2.19. The fourth-order valence-corrected chi connectivity index (χ4v) is 1.36. The lowest BCUT2D eigenvalue weighted by Gasteiger charge is -2.06. The molecule has 0 saturated heterocycles. The Morgan fingerprint density at radius 3 is 2.53 bits per heavy atom. The summed E-state index contributed by atoms with van der Waals surface area (Å²) in [6.07, 6.45) is 0. The second-order valence-corrected chi connectivity index (χ2v) is 5.00. The molecule has 3 N–H and O–H groups in total. The zero-order valence-corrected chi connectivity index (χ0v) is 11.2. The van der Waals surface area contributed by atoms with Crippen molar-refractivity contribution in [3.8, 4) is 0 Å². The standard InChI is InChI=1S/C11H16IN3/c1-8(2)7-14-11(13)15-10-5-3-9(12)4-6-10/h3-6,8H,7H2,1-2H3,(H3,13,14,15). The van der Waals surface area contributed by atoms with E-state index >= 15 is 0 Å². The van der Waals surface area contributed by atoms with Gasteiger partial charge in [0.05, 0.1) is 0 Å². The van der Waals surface area contributed by atoms with Crippen LogP contribution in [0.3, 0.4) is 0 Å². The molecule has 0 fully saturated rings. The number of benzene rings is 1. The summed E-state index contributed by atoms with van der Waals surface area (Å²) in [6, 6.07) is 8.02. The Labute approximate surface area is 104 Å². The molecule has 3 nitrogen and oxygen atoms in total. The molecule has 0 radical (unpaired) electrons. The summed E-state index contributed by atoms with van der Waals surface area (Å²) >= 11 is 2.27. The topological polar surface area (TPSA) is 50.4 Å². The van der Waals surface area contributed by atoms with Gasteiger partial charge in [-0.15, -0.1) is 0 Å². The van der Waals surface area contributed by atoms with E-state index in [1.807, 2.05) is 24.3 Å². The Kier molecular flexibility index (Phi) is 4.87. The maximum absolute atomic E-state index is 5.73. The van der Waals surface area contributed by atoms with Gasteiger partial charge in [-0.05, 0) is 52.8 Å². The number of hydrogen-bond acceptors (Lipinski definition) is 1. The zero-order chi connectivity index (χ0) is 11.3. The predicted octanol–water partition coefficient (Wildman–Crippen LogP) is 2.67. The predicted molar refractivity (Wildman–Crippen MR) is 74.1 cm³/mol. The number of anilines is 1. The van der Waals surface area contributed by atoms with Crippen LogP contribution in [0.25, 0.3) is 0 Å². The van der Waals surface area contributed by atoms with Gasteiger partial charge in [0.1, 0.15) is 0 Å². The van der Waals surface area contributed by atoms with Crippen molar-refractivity contribution in [2.24, 2.45) is 16.6 Å². The molecule has 0 saturated carbocycles. The third-order valence-corrected chi connectivity index (χ3v) is 2.46. The van der Waals surface area contributed by atoms with Crippen molar-refractivity contribution in [3.05, 3.63) is 27.8 Å². The third-order valence-electron chi connectivity index (χ3n) is 1.74. The summed E-state index contributed by atoms with van der Waals surface area (Å²) in [4.78, 5) is 4.22. The van der Waals surface area contributed by atoms with Gasteiger partial charge in [-0.1, -0.05) is 13.8 Å². The van der Waals surface area contributed by atoms with Crippen LogP contribution < -0.4 is 11.1 Å². The van der Waals surface area contributed by atoms with Crippen LogP contribution in [0, 0.1) is 9.49 Å². The molecule has 1 aromatic rings. The molecule has 4 heteroatoms. The quantitative estimate of drug-likeness (QED) is 0.512. The molecule has 0 aliphatic rings. The summed E-state index contributed by atoms with van der Waals surface area (Å²) in [5.74, 6) is 1.01. The van der Waals surface area contributed by atoms with Crippen LogP contribution in [0.5, 0.6) is 0 Å². The second-order valence-electron chi connectivity index (χ2n) is 3.75. The van der Waals surface area contributed by atoms with E-state index in [2.05, 4.69) is 46.7 Å². The summed E-state index contributed by atoms with van der Waals surface area (Å²) in [6.45, 7) is 4.98. The van der Waals surface area contributed by atoms with Crippen molar-refractivity contribution in [2.75, 3.05) is 11.9 Å². The van der Waals surface area contributed by atoms with Gasteiger partial charge in [0.15, 0.2) is 5.96 Å². The van der Waals surface area contributed by atoms with Gasteiger partial charge in [-0.2, -0.15) is 0 Å². The first kappa shape index (κ1) is 12.3. The van der Waals surface area contributed by atoms with Gasteiger partial charge in [-0.3, -0.25) is 4.99 Å². The number of nitrogens with zero attached hydrogens (tertiary/aromatic N) is 1. The van der Waals surface area contributed by atoms with Crippen LogP contribution in [-0.2, 0) is 0 Å². The van der Waals surface area contributed by atoms with Crippen molar-refractivity contribution >= 4 is 34.2 Å². The van der Waals surface area contributed by atoms with Crippen molar-refractivity contribution in [1.29, 1.82) is 0 Å². The molecule has 15 heavy (non-hydrogen) atoms. The largest absolute Gasteiger partial charge is 0.370 e. The smallest absolute Gasteiger partial charge is 0.193 e. The molecule has 82 valence electrons. The SMILES string of the molecule is CC(C)CN=C(N)Nc1ccc(I)cc1. The fraction of sp³-hybridized carbons (Fsp3) is 0.364. The molecule has 0 aliphatic heterocycles. The minimum Gasteiger partial charge on any atom is -0.370 e. The molecule has 0 aromatic heterocycles. The summed E-state index contributed by atoms with van der Waals surface area (Å²) < 4.78 is 1.20. The van der Waals surface area contributed by atoms with E-state index in [9.17, 15) is 0 Å². The first-order valence-electron chi connectivity index (χ1n) is 4.90. The van der Waals surface area contributed by atoms with Gasteiger partial charge in [0.25, 0.3) is 0 Å². The fourth-order valence-electron chi connectivity index (χ4n) is 1.00. The van der Waals surface area contributed by atoms with E-state index in [4.69, 9.17) is 5.73 Å². The maximum Gasteiger partial charge on any atom is 0.193 e. The lowest BCUT2D eigenvalue weighted by atomic mass is 10.2. The normalized spacial score (nSPS) is 11.9. The summed E-state index contributed by atoms with van der Waals surface area (Å²) in [5.41, 5.74) is 6.70. The molecule has 1 aromatic carbocycles. The Balaban J connectivity index is 2.54. The summed E-state index contributed by atoms with van der Waals surface area (Å²) in [7, 11) is 0. The Morgan fingerprint density at radius 1 is 1.40 bits per heavy atom. The molecule has 0 spiro atoms. The number of guanidine groups is 1. The molecule has 0 atom stereocenters. The van der Waals surface area contributed by atoms with Crippen molar-refractivity contribution in [1.82, 2.24) is 0 Å². The van der Waals surface area contributed by atoms with Gasteiger partial charge in [0.2, 0.25) is 0 Å². The van der Waals surface area contributed by atoms with Gasteiger partial charge in [-0.25, -0.2) is 0 Å². The van der Waals surface area contributed by atoms with E-state index in [-0.39, 0.29) is 0 Å². The lowest BCUT2D eigenvalue weighted by molar-refractivity contribution is 0.665. The highest BCUT2D eigenvalue weighted by Gasteiger charge is 1.95. The lowest BCUT2D eigenvalue weighted by Crippen LogP contribution is -2.23. The van der Waals surface area contributed by atoms with Crippen LogP contribution in [-0.4, -0.2) is 12.5 Å². The highest BCUT2D eigenvalue weighted by molar-refractivity contribution is 14.1. The van der Waals surface area contributed by atoms with Crippen LogP contribution >= 0.6 is 22.6 Å². The van der Waals surface area contributed by atoms with E-state index in [0.29, 0.717) is 11.9 Å². The van der Waals surface area contributed by atoms with Crippen molar-refractivity contribution in [2.45, 2.75) is 13.8 Å². The second kappa shape index (κ2) is 5.95. The van der Waals surface area contributed by atoms with E-state index in [1.54, 1.807) is 0 Å². The zero-order valence-electron chi connectivity index (χ0n) is 9.00. The highest BCUT2D eigenvalue weighted by Crippen LogP contribution is 2.10. The Morgan fingerprint density at radius 2 is 2.00 bits per heavy atom. The van der Waals surface area contributed by atoms with Gasteiger partial charge >= 0.3 is 0 Å². The average molecular weight is 317 g/mol. The number of aliphatic imine (C=N–C) groups is 1. The Hall–Kier alpha value is -0.780. The molecule has 0 amide bonds. The molecule has 1 rings (SSSR count). The van der Waals surface area contributed by atoms with Crippen molar-refractivity contribution in [3.63, 3.8) is 0 Å². The number of nitrogens with two attached hydrogens (primary N) is 1. The van der Waals surface area contributed by atoms with Crippen molar-refractivity contribution < 1.29 is 0 Å². The van der Waals surface area contributed by atoms with Gasteiger partial charge < -0.3 is 11.1 Å². The number of rotatable bonds is 3. The molecular weight excluding hydrogens is 301 g/mol. The van der Waals surface area contributed by atoms with E-state index in [1.165, 1.54) is 3.57 Å². The molecule has 0 aliphatic carbocycles. The molecule has 0 bridgehead atoms. The number of hydrogen-bond donors (Lipinski definition) is 2. The number of halogens is 1. The monoisotopic (exact) mass is 317 g/mol. The minimum atomic E-state index is 0.477. The van der Waals surface area contributed by atoms with Gasteiger partial charge in [0, 0.05) is 15.8 Å². The first-order valence-corrected chi connectivity index (χ1v) is 5.98. The third kappa shape index (κ3) is 5.01. The maximum atomic E-state index is 5.73. The molecule has 0 heterocycles. The number of nitrogens with one attached hydrogen (secondary N) is 1. The first-order chi connectivity index (χ1) is 7.08. The van der Waals surface area contributed by atoms with Crippen LogP contribution in [0.1, 0.15) is 13.8 Å². The van der Waals surface area contributed by atoms with Crippen LogP contribution in [0.15, 0.2) is 29.3 Å². The molecular formula is C11H16IN3. The molecule has 0 unspecified atom stereocenters. The summed E-state index contributed by atoms with van der Waals surface area (Å²) in [5, 5.41) is 3.05. The minimum absolute atomic E-state index is 0.477. The van der Waals surface area contributed by atoms with Crippen LogP contribution in [0.4, 0.5) is 5.69 Å². The highest BCUT2D eigenvalue weighted by atomic mass is 127. The van der Waals surface area contributed by atoms with Crippen LogP contribution in [0.2, 0.25) is 0 Å².